The fourth-order valence-corrected chi connectivity index (χ4v) is 2.63. The van der Waals surface area contributed by atoms with E-state index in [-0.39, 0.29) is 17.6 Å². The molecule has 21 heavy (non-hydrogen) atoms. The zero-order valence-electron chi connectivity index (χ0n) is 13.2. The Morgan fingerprint density at radius 2 is 2.14 bits per heavy atom. The van der Waals surface area contributed by atoms with Crippen LogP contribution < -0.4 is 5.56 Å². The van der Waals surface area contributed by atoms with E-state index >= 15 is 0 Å². The first-order valence-electron chi connectivity index (χ1n) is 7.50. The Morgan fingerprint density at radius 3 is 2.76 bits per heavy atom. The molecule has 5 heteroatoms. The Labute approximate surface area is 125 Å². The second-order valence-electron chi connectivity index (χ2n) is 6.54. The van der Waals surface area contributed by atoms with Crippen molar-refractivity contribution in [2.45, 2.75) is 52.1 Å². The lowest BCUT2D eigenvalue weighted by Gasteiger charge is -2.28. The number of nitrogens with one attached hydrogen (secondary N) is 1. The predicted molar refractivity (Wildman–Crippen MR) is 81.6 cm³/mol. The molecule has 1 unspecified atom stereocenters. The number of pyridine rings is 1. The molecule has 1 amide bonds. The summed E-state index contributed by atoms with van der Waals surface area (Å²) in [5.41, 5.74) is 1.51. The summed E-state index contributed by atoms with van der Waals surface area (Å²) < 4.78 is 5.46. The molecule has 0 saturated heterocycles. The van der Waals surface area contributed by atoms with Crippen LogP contribution in [0.1, 0.15) is 51.3 Å². The zero-order chi connectivity index (χ0) is 15.6. The van der Waals surface area contributed by atoms with Crippen LogP contribution in [0, 0.1) is 0 Å². The number of ether oxygens (including phenoxy) is 1. The highest BCUT2D eigenvalue weighted by Crippen LogP contribution is 2.26. The van der Waals surface area contributed by atoms with Gasteiger partial charge in [-0.05, 0) is 39.2 Å². The van der Waals surface area contributed by atoms with Crippen molar-refractivity contribution in [3.63, 3.8) is 0 Å². The Kier molecular flexibility index (Phi) is 4.40. The topological polar surface area (TPSA) is 62.4 Å². The molecule has 0 saturated carbocycles. The summed E-state index contributed by atoms with van der Waals surface area (Å²) in [5, 5.41) is 0. The van der Waals surface area contributed by atoms with E-state index in [9.17, 15) is 9.59 Å². The number of hydrogen-bond donors (Lipinski definition) is 1. The van der Waals surface area contributed by atoms with Crippen LogP contribution in [0.5, 0.6) is 0 Å². The van der Waals surface area contributed by atoms with Gasteiger partial charge in [0.1, 0.15) is 5.60 Å². The van der Waals surface area contributed by atoms with Gasteiger partial charge in [0.05, 0.1) is 0 Å². The first-order valence-corrected chi connectivity index (χ1v) is 7.50. The molecule has 2 heterocycles. The minimum absolute atomic E-state index is 0.0853. The van der Waals surface area contributed by atoms with E-state index in [1.807, 2.05) is 26.8 Å². The first-order chi connectivity index (χ1) is 9.80. The lowest BCUT2D eigenvalue weighted by molar-refractivity contribution is 0.0245. The average molecular weight is 292 g/mol. The predicted octanol–water partition coefficient (Wildman–Crippen LogP) is 2.66. The van der Waals surface area contributed by atoms with Crippen molar-refractivity contribution in [2.24, 2.45) is 0 Å². The van der Waals surface area contributed by atoms with Gasteiger partial charge in [0.25, 0.3) is 0 Å². The minimum atomic E-state index is -0.494. The van der Waals surface area contributed by atoms with Crippen LogP contribution in [0.25, 0.3) is 0 Å². The van der Waals surface area contributed by atoms with Gasteiger partial charge in [-0.25, -0.2) is 4.79 Å². The minimum Gasteiger partial charge on any atom is -0.444 e. The van der Waals surface area contributed by atoms with Crippen molar-refractivity contribution >= 4 is 6.09 Å². The van der Waals surface area contributed by atoms with E-state index in [2.05, 4.69) is 11.9 Å². The van der Waals surface area contributed by atoms with E-state index in [0.29, 0.717) is 13.1 Å². The van der Waals surface area contributed by atoms with Crippen molar-refractivity contribution in [3.05, 3.63) is 33.7 Å². The van der Waals surface area contributed by atoms with E-state index < -0.39 is 5.60 Å². The number of carbonyl (C=O) groups excluding carboxylic acids is 1. The third-order valence-electron chi connectivity index (χ3n) is 3.68. The Morgan fingerprint density at radius 1 is 1.43 bits per heavy atom. The maximum Gasteiger partial charge on any atom is 0.410 e. The summed E-state index contributed by atoms with van der Waals surface area (Å²) in [6.45, 7) is 8.87. The van der Waals surface area contributed by atoms with Gasteiger partial charge in [0.15, 0.2) is 0 Å². The molecule has 1 aliphatic rings. The van der Waals surface area contributed by atoms with Gasteiger partial charge in [-0.3, -0.25) is 4.79 Å². The third-order valence-corrected chi connectivity index (χ3v) is 3.68. The van der Waals surface area contributed by atoms with Gasteiger partial charge in [-0.15, -0.1) is 0 Å². The molecule has 2 rings (SSSR count). The van der Waals surface area contributed by atoms with Gasteiger partial charge >= 0.3 is 6.09 Å². The van der Waals surface area contributed by atoms with Gasteiger partial charge in [0.2, 0.25) is 5.56 Å². The first kappa shape index (κ1) is 15.6. The van der Waals surface area contributed by atoms with E-state index in [1.54, 1.807) is 11.0 Å². The fourth-order valence-electron chi connectivity index (χ4n) is 2.63. The lowest BCUT2D eigenvalue weighted by atomic mass is 9.97. The summed E-state index contributed by atoms with van der Waals surface area (Å²) >= 11 is 0. The molecule has 0 fully saturated rings. The van der Waals surface area contributed by atoms with Gasteiger partial charge < -0.3 is 14.6 Å². The number of hydrogen-bond acceptors (Lipinski definition) is 3. The van der Waals surface area contributed by atoms with Crippen molar-refractivity contribution in [2.75, 3.05) is 13.1 Å². The number of aromatic nitrogens is 1. The molecule has 1 aromatic rings. The third kappa shape index (κ3) is 3.86. The highest BCUT2D eigenvalue weighted by atomic mass is 16.6. The van der Waals surface area contributed by atoms with Crippen LogP contribution in [0.2, 0.25) is 0 Å². The van der Waals surface area contributed by atoms with Crippen LogP contribution in [0.3, 0.4) is 0 Å². The summed E-state index contributed by atoms with van der Waals surface area (Å²) in [4.78, 5) is 28.5. The summed E-state index contributed by atoms with van der Waals surface area (Å²) in [6.07, 6.45) is 1.32. The Bertz CT molecular complexity index is 572. The van der Waals surface area contributed by atoms with Crippen LogP contribution in [0.15, 0.2) is 16.9 Å². The fraction of sp³-hybridized carbons (Fsp3) is 0.625. The quantitative estimate of drug-likeness (QED) is 0.865. The monoisotopic (exact) mass is 292 g/mol. The largest absolute Gasteiger partial charge is 0.444 e. The van der Waals surface area contributed by atoms with Crippen molar-refractivity contribution in [1.82, 2.24) is 9.88 Å². The molecule has 0 spiro atoms. The smallest absolute Gasteiger partial charge is 0.410 e. The normalized spacial score (nSPS) is 18.9. The molecule has 0 radical (unpaired) electrons. The van der Waals surface area contributed by atoms with Crippen molar-refractivity contribution in [1.29, 1.82) is 0 Å². The number of rotatable bonds is 1. The number of nitrogens with zero attached hydrogens (tertiary/aromatic N) is 1. The number of carbonyl (C=O) groups is 1. The van der Waals surface area contributed by atoms with Crippen LogP contribution in [-0.4, -0.2) is 34.7 Å². The SMILES string of the molecule is CCC1CN(C(=O)OC(C)(C)C)CCc2ccc(=O)[nH]c21. The lowest BCUT2D eigenvalue weighted by Crippen LogP contribution is -2.39. The Balaban J connectivity index is 2.22. The molecule has 0 aromatic carbocycles. The maximum atomic E-state index is 12.3. The second-order valence-corrected chi connectivity index (χ2v) is 6.54. The van der Waals surface area contributed by atoms with Crippen LogP contribution in [-0.2, 0) is 11.2 Å². The molecule has 0 bridgehead atoms. The number of aromatic amines is 1. The molecular weight excluding hydrogens is 268 g/mol. The molecular formula is C16H24N2O3. The molecule has 1 N–H and O–H groups in total. The molecule has 1 aliphatic heterocycles. The van der Waals surface area contributed by atoms with Crippen molar-refractivity contribution in [3.8, 4) is 0 Å². The number of amides is 1. The molecule has 1 aromatic heterocycles. The molecule has 1 atom stereocenters. The van der Waals surface area contributed by atoms with E-state index in [0.717, 1.165) is 24.1 Å². The standard InChI is InChI=1S/C16H24N2O3/c1-5-11-10-18(15(20)21-16(2,3)4)9-8-12-6-7-13(19)17-14(11)12/h6-7,11H,5,8-10H2,1-4H3,(H,17,19). The molecule has 116 valence electrons. The molecule has 5 nitrogen and oxygen atoms in total. The highest BCUT2D eigenvalue weighted by Gasteiger charge is 2.28. The van der Waals surface area contributed by atoms with E-state index in [1.165, 1.54) is 0 Å². The van der Waals surface area contributed by atoms with Gasteiger partial charge in [0, 0.05) is 30.8 Å². The van der Waals surface area contributed by atoms with Crippen LogP contribution >= 0.6 is 0 Å². The van der Waals surface area contributed by atoms with Crippen LogP contribution in [0.4, 0.5) is 4.79 Å². The highest BCUT2D eigenvalue weighted by molar-refractivity contribution is 5.68. The van der Waals surface area contributed by atoms with Gasteiger partial charge in [-0.2, -0.15) is 0 Å². The average Bonchev–Trinajstić information content (AvgIpc) is 2.55. The van der Waals surface area contributed by atoms with E-state index in [4.69, 9.17) is 4.74 Å². The summed E-state index contributed by atoms with van der Waals surface area (Å²) in [6, 6.07) is 3.42. The van der Waals surface area contributed by atoms with Gasteiger partial charge in [-0.1, -0.05) is 13.0 Å². The Hall–Kier alpha value is -1.78. The zero-order valence-corrected chi connectivity index (χ0v) is 13.2. The second kappa shape index (κ2) is 5.92. The molecule has 0 aliphatic carbocycles. The maximum absolute atomic E-state index is 12.3. The summed E-state index contributed by atoms with van der Waals surface area (Å²) in [5.74, 6) is 0.143. The number of H-pyrrole nitrogens is 1. The number of fused-ring (bicyclic) bond motifs is 1. The van der Waals surface area contributed by atoms with Crippen molar-refractivity contribution < 1.29 is 9.53 Å². The summed E-state index contributed by atoms with van der Waals surface area (Å²) in [7, 11) is 0.